The zero-order valence-electron chi connectivity index (χ0n) is 12.2. The van der Waals surface area contributed by atoms with E-state index in [1.54, 1.807) is 0 Å². The van der Waals surface area contributed by atoms with Gasteiger partial charge in [-0.2, -0.15) is 0 Å². The summed E-state index contributed by atoms with van der Waals surface area (Å²) in [5, 5.41) is 11.6. The summed E-state index contributed by atoms with van der Waals surface area (Å²) in [7, 11) is 0. The van der Waals surface area contributed by atoms with Crippen molar-refractivity contribution in [2.75, 3.05) is 13.1 Å². The highest BCUT2D eigenvalue weighted by atomic mass is 16.2. The molecule has 0 spiro atoms. The van der Waals surface area contributed by atoms with Crippen molar-refractivity contribution in [2.24, 2.45) is 0 Å². The Hall–Kier alpha value is -1.43. The average Bonchev–Trinajstić information content (AvgIpc) is 3.07. The molecule has 1 aromatic heterocycles. The molecule has 0 radical (unpaired) electrons. The number of carbonyl (C=O) groups excluding carboxylic acids is 1. The third-order valence-electron chi connectivity index (χ3n) is 4.60. The Labute approximate surface area is 119 Å². The van der Waals surface area contributed by atoms with Gasteiger partial charge in [0.2, 0.25) is 0 Å². The Morgan fingerprint density at radius 2 is 1.85 bits per heavy atom. The summed E-state index contributed by atoms with van der Waals surface area (Å²) in [5.41, 5.74) is 0.490. The standard InChI is InChI=1S/C14H23N5O/c1-10-3-4-11(2)19(10)14(20)13-9-18(17-16-13)12-5-7-15-8-6-12/h9-12,15H,3-8H2,1-2H3. The fourth-order valence-corrected chi connectivity index (χ4v) is 3.35. The molecule has 1 N–H and O–H groups in total. The van der Waals surface area contributed by atoms with Crippen molar-refractivity contribution in [1.29, 1.82) is 0 Å². The van der Waals surface area contributed by atoms with Gasteiger partial charge in [-0.1, -0.05) is 5.21 Å². The number of hydrogen-bond donors (Lipinski definition) is 1. The van der Waals surface area contributed by atoms with E-state index in [-0.39, 0.29) is 5.91 Å². The van der Waals surface area contributed by atoms with Crippen molar-refractivity contribution >= 4 is 5.91 Å². The van der Waals surface area contributed by atoms with E-state index >= 15 is 0 Å². The van der Waals surface area contributed by atoms with Gasteiger partial charge >= 0.3 is 0 Å². The lowest BCUT2D eigenvalue weighted by Crippen LogP contribution is -2.38. The highest BCUT2D eigenvalue weighted by molar-refractivity contribution is 5.92. The number of carbonyl (C=O) groups is 1. The van der Waals surface area contributed by atoms with Crippen LogP contribution in [-0.2, 0) is 0 Å². The Morgan fingerprint density at radius 1 is 1.20 bits per heavy atom. The minimum atomic E-state index is 0.0303. The molecule has 20 heavy (non-hydrogen) atoms. The van der Waals surface area contributed by atoms with Crippen LogP contribution in [0.15, 0.2) is 6.20 Å². The number of likely N-dealkylation sites (tertiary alicyclic amines) is 1. The molecular weight excluding hydrogens is 254 g/mol. The second-order valence-electron chi connectivity index (χ2n) is 6.05. The number of piperidine rings is 1. The van der Waals surface area contributed by atoms with Gasteiger partial charge in [-0.05, 0) is 52.6 Å². The van der Waals surface area contributed by atoms with Crippen LogP contribution >= 0.6 is 0 Å². The minimum absolute atomic E-state index is 0.0303. The van der Waals surface area contributed by atoms with Crippen LogP contribution in [0.2, 0.25) is 0 Å². The highest BCUT2D eigenvalue weighted by Gasteiger charge is 2.33. The number of amides is 1. The molecule has 0 aromatic carbocycles. The monoisotopic (exact) mass is 277 g/mol. The molecule has 6 nitrogen and oxygen atoms in total. The molecule has 110 valence electrons. The van der Waals surface area contributed by atoms with E-state index in [9.17, 15) is 4.79 Å². The van der Waals surface area contributed by atoms with Crippen molar-refractivity contribution in [3.05, 3.63) is 11.9 Å². The largest absolute Gasteiger partial charge is 0.332 e. The van der Waals surface area contributed by atoms with E-state index < -0.39 is 0 Å². The van der Waals surface area contributed by atoms with E-state index in [4.69, 9.17) is 0 Å². The fraction of sp³-hybridized carbons (Fsp3) is 0.786. The van der Waals surface area contributed by atoms with Crippen LogP contribution in [0, 0.1) is 0 Å². The third-order valence-corrected chi connectivity index (χ3v) is 4.60. The van der Waals surface area contributed by atoms with Crippen LogP contribution in [0.5, 0.6) is 0 Å². The summed E-state index contributed by atoms with van der Waals surface area (Å²) in [6.45, 7) is 6.24. The molecular formula is C14H23N5O. The van der Waals surface area contributed by atoms with E-state index in [0.29, 0.717) is 23.8 Å². The molecule has 1 aromatic rings. The van der Waals surface area contributed by atoms with Crippen LogP contribution in [0.25, 0.3) is 0 Å². The maximum Gasteiger partial charge on any atom is 0.276 e. The molecule has 2 unspecified atom stereocenters. The normalized spacial score (nSPS) is 28.0. The first kappa shape index (κ1) is 13.5. The van der Waals surface area contributed by atoms with E-state index in [2.05, 4.69) is 29.5 Å². The first-order chi connectivity index (χ1) is 9.66. The van der Waals surface area contributed by atoms with E-state index in [1.807, 2.05) is 15.8 Å². The molecule has 2 aliphatic rings. The topological polar surface area (TPSA) is 63.1 Å². The summed E-state index contributed by atoms with van der Waals surface area (Å²) >= 11 is 0. The van der Waals surface area contributed by atoms with Gasteiger partial charge in [-0.15, -0.1) is 5.10 Å². The maximum absolute atomic E-state index is 12.6. The molecule has 3 heterocycles. The molecule has 2 saturated heterocycles. The predicted molar refractivity (Wildman–Crippen MR) is 75.5 cm³/mol. The van der Waals surface area contributed by atoms with E-state index in [1.165, 1.54) is 0 Å². The van der Waals surface area contributed by atoms with Crippen molar-refractivity contribution < 1.29 is 4.79 Å². The zero-order valence-corrected chi connectivity index (χ0v) is 12.2. The van der Waals surface area contributed by atoms with E-state index in [0.717, 1.165) is 38.8 Å². The second-order valence-corrected chi connectivity index (χ2v) is 6.05. The number of nitrogens with one attached hydrogen (secondary N) is 1. The molecule has 2 fully saturated rings. The average molecular weight is 277 g/mol. The van der Waals surface area contributed by atoms with Gasteiger partial charge in [0.15, 0.2) is 5.69 Å². The quantitative estimate of drug-likeness (QED) is 0.883. The maximum atomic E-state index is 12.6. The van der Waals surface area contributed by atoms with Crippen molar-refractivity contribution in [1.82, 2.24) is 25.2 Å². The minimum Gasteiger partial charge on any atom is -0.332 e. The Morgan fingerprint density at radius 3 is 2.50 bits per heavy atom. The Balaban J connectivity index is 1.74. The smallest absolute Gasteiger partial charge is 0.276 e. The Kier molecular flexibility index (Phi) is 3.74. The number of aromatic nitrogens is 3. The van der Waals surface area contributed by atoms with Gasteiger partial charge in [0.05, 0.1) is 12.2 Å². The van der Waals surface area contributed by atoms with Gasteiger partial charge in [-0.3, -0.25) is 4.79 Å². The first-order valence-corrected chi connectivity index (χ1v) is 7.62. The summed E-state index contributed by atoms with van der Waals surface area (Å²) < 4.78 is 1.87. The highest BCUT2D eigenvalue weighted by Crippen LogP contribution is 2.25. The lowest BCUT2D eigenvalue weighted by Gasteiger charge is -2.25. The van der Waals surface area contributed by atoms with Gasteiger partial charge in [-0.25, -0.2) is 4.68 Å². The zero-order chi connectivity index (χ0) is 14.1. The second kappa shape index (κ2) is 5.52. The predicted octanol–water partition coefficient (Wildman–Crippen LogP) is 1.22. The SMILES string of the molecule is CC1CCC(C)N1C(=O)c1cn(C2CCNCC2)nn1. The van der Waals surface area contributed by atoms with Crippen molar-refractivity contribution in [2.45, 2.75) is 57.7 Å². The van der Waals surface area contributed by atoms with Gasteiger partial charge in [0, 0.05) is 12.1 Å². The van der Waals surface area contributed by atoms with Crippen LogP contribution in [0.3, 0.4) is 0 Å². The number of nitrogens with zero attached hydrogens (tertiary/aromatic N) is 4. The molecule has 0 saturated carbocycles. The summed E-state index contributed by atoms with van der Waals surface area (Å²) in [6.07, 6.45) is 6.09. The summed E-state index contributed by atoms with van der Waals surface area (Å²) in [4.78, 5) is 14.5. The lowest BCUT2D eigenvalue weighted by atomic mass is 10.1. The molecule has 1 amide bonds. The first-order valence-electron chi connectivity index (χ1n) is 7.62. The summed E-state index contributed by atoms with van der Waals surface area (Å²) in [5.74, 6) is 0.0303. The molecule has 6 heteroatoms. The van der Waals surface area contributed by atoms with Crippen LogP contribution in [-0.4, -0.2) is 51.0 Å². The molecule has 0 aliphatic carbocycles. The molecule has 2 aliphatic heterocycles. The van der Waals surface area contributed by atoms with Crippen molar-refractivity contribution in [3.8, 4) is 0 Å². The molecule has 2 atom stereocenters. The van der Waals surface area contributed by atoms with Crippen molar-refractivity contribution in [3.63, 3.8) is 0 Å². The van der Waals surface area contributed by atoms with Gasteiger partial charge < -0.3 is 10.2 Å². The molecule has 0 bridgehead atoms. The fourth-order valence-electron chi connectivity index (χ4n) is 3.35. The Bertz CT molecular complexity index is 470. The number of hydrogen-bond acceptors (Lipinski definition) is 4. The van der Waals surface area contributed by atoms with Gasteiger partial charge in [0.1, 0.15) is 0 Å². The molecule has 3 rings (SSSR count). The third kappa shape index (κ3) is 2.44. The number of rotatable bonds is 2. The van der Waals surface area contributed by atoms with Crippen LogP contribution in [0.1, 0.15) is 56.1 Å². The van der Waals surface area contributed by atoms with Gasteiger partial charge in [0.25, 0.3) is 5.91 Å². The van der Waals surface area contributed by atoms with Crippen LogP contribution in [0.4, 0.5) is 0 Å². The van der Waals surface area contributed by atoms with Crippen LogP contribution < -0.4 is 5.32 Å². The lowest BCUT2D eigenvalue weighted by molar-refractivity contribution is 0.0686. The summed E-state index contributed by atoms with van der Waals surface area (Å²) in [6, 6.07) is 0.988.